The molecule has 128 valence electrons. The van der Waals surface area contributed by atoms with Gasteiger partial charge in [0.1, 0.15) is 6.33 Å². The van der Waals surface area contributed by atoms with Gasteiger partial charge in [0.2, 0.25) is 0 Å². The molecule has 7 nitrogen and oxygen atoms in total. The quantitative estimate of drug-likeness (QED) is 0.581. The van der Waals surface area contributed by atoms with E-state index in [1.165, 1.54) is 22.3 Å². The summed E-state index contributed by atoms with van der Waals surface area (Å²) in [6.45, 7) is 0. The maximum absolute atomic E-state index is 12.4. The smallest absolute Gasteiger partial charge is 0.257 e. The number of benzene rings is 2. The summed E-state index contributed by atoms with van der Waals surface area (Å²) >= 11 is 7.53. The number of nitrogens with zero attached hydrogens (tertiary/aromatic N) is 5. The van der Waals surface area contributed by atoms with E-state index < -0.39 is 0 Å². The van der Waals surface area contributed by atoms with Crippen molar-refractivity contribution in [3.63, 3.8) is 0 Å². The number of nitrogens with one attached hydrogen (secondary N) is 1. The van der Waals surface area contributed by atoms with Crippen LogP contribution < -0.4 is 5.32 Å². The van der Waals surface area contributed by atoms with Crippen molar-refractivity contribution in [3.05, 3.63) is 70.8 Å². The Labute approximate surface area is 157 Å². The molecule has 26 heavy (non-hydrogen) atoms. The Morgan fingerprint density at radius 2 is 1.92 bits per heavy atom. The van der Waals surface area contributed by atoms with E-state index in [0.29, 0.717) is 15.7 Å². The number of aromatic nitrogens is 5. The average molecular weight is 383 g/mol. The Hall–Kier alpha value is -3.10. The Kier molecular flexibility index (Phi) is 4.42. The molecule has 9 heteroatoms. The van der Waals surface area contributed by atoms with Crippen molar-refractivity contribution < 1.29 is 4.79 Å². The van der Waals surface area contributed by atoms with Crippen LogP contribution in [0, 0.1) is 0 Å². The van der Waals surface area contributed by atoms with E-state index in [1.807, 2.05) is 23.6 Å². The maximum atomic E-state index is 12.4. The molecule has 0 bridgehead atoms. The second-order valence-corrected chi connectivity index (χ2v) is 6.54. The Morgan fingerprint density at radius 1 is 1.12 bits per heavy atom. The van der Waals surface area contributed by atoms with Crippen molar-refractivity contribution in [1.29, 1.82) is 0 Å². The van der Waals surface area contributed by atoms with Gasteiger partial charge < -0.3 is 0 Å². The molecule has 2 aromatic carbocycles. The maximum Gasteiger partial charge on any atom is 0.257 e. The zero-order valence-corrected chi connectivity index (χ0v) is 14.8. The summed E-state index contributed by atoms with van der Waals surface area (Å²) in [6.07, 6.45) is 1.49. The van der Waals surface area contributed by atoms with Crippen LogP contribution in [0.25, 0.3) is 16.9 Å². The van der Waals surface area contributed by atoms with Gasteiger partial charge in [-0.05, 0) is 40.8 Å². The SMILES string of the molecule is O=C(Nc1nc(-c2ccccc2Cl)cs1)c1ccc(-n2cnnn2)cc1. The van der Waals surface area contributed by atoms with Crippen molar-refractivity contribution in [3.8, 4) is 16.9 Å². The molecule has 4 rings (SSSR count). The van der Waals surface area contributed by atoms with Gasteiger partial charge in [-0.15, -0.1) is 16.4 Å². The molecule has 0 fully saturated rings. The number of carbonyl (C=O) groups excluding carboxylic acids is 1. The van der Waals surface area contributed by atoms with E-state index in [1.54, 1.807) is 30.3 Å². The molecule has 0 atom stereocenters. The highest BCUT2D eigenvalue weighted by atomic mass is 35.5. The molecule has 2 heterocycles. The minimum atomic E-state index is -0.242. The highest BCUT2D eigenvalue weighted by molar-refractivity contribution is 7.14. The fraction of sp³-hybridized carbons (Fsp3) is 0. The van der Waals surface area contributed by atoms with Crippen LogP contribution in [0.4, 0.5) is 5.13 Å². The van der Waals surface area contributed by atoms with Gasteiger partial charge in [-0.3, -0.25) is 10.1 Å². The number of anilines is 1. The molecule has 0 aliphatic rings. The van der Waals surface area contributed by atoms with Crippen molar-refractivity contribution in [2.24, 2.45) is 0 Å². The lowest BCUT2D eigenvalue weighted by molar-refractivity contribution is 0.102. The molecule has 0 radical (unpaired) electrons. The first-order chi connectivity index (χ1) is 12.7. The van der Waals surface area contributed by atoms with Gasteiger partial charge in [0.25, 0.3) is 5.91 Å². The minimum absolute atomic E-state index is 0.242. The van der Waals surface area contributed by atoms with E-state index in [0.717, 1.165) is 16.9 Å². The van der Waals surface area contributed by atoms with Crippen LogP contribution in [-0.4, -0.2) is 31.1 Å². The summed E-state index contributed by atoms with van der Waals surface area (Å²) in [6, 6.07) is 14.4. The highest BCUT2D eigenvalue weighted by Crippen LogP contribution is 2.30. The normalized spacial score (nSPS) is 10.7. The summed E-state index contributed by atoms with van der Waals surface area (Å²) in [7, 11) is 0. The van der Waals surface area contributed by atoms with E-state index in [2.05, 4.69) is 25.8 Å². The average Bonchev–Trinajstić information content (AvgIpc) is 3.34. The summed E-state index contributed by atoms with van der Waals surface area (Å²) in [5.74, 6) is -0.242. The first kappa shape index (κ1) is 16.4. The number of halogens is 1. The van der Waals surface area contributed by atoms with Crippen molar-refractivity contribution in [2.45, 2.75) is 0 Å². The lowest BCUT2D eigenvalue weighted by Gasteiger charge is -2.04. The molecular formula is C17H11ClN6OS. The predicted molar refractivity (Wildman–Crippen MR) is 99.7 cm³/mol. The summed E-state index contributed by atoms with van der Waals surface area (Å²) in [5.41, 5.74) is 2.83. The third kappa shape index (κ3) is 3.32. The molecule has 1 N–H and O–H groups in total. The summed E-state index contributed by atoms with van der Waals surface area (Å²) < 4.78 is 1.51. The van der Waals surface area contributed by atoms with Crippen LogP contribution in [0.5, 0.6) is 0 Å². The molecule has 0 aliphatic carbocycles. The number of hydrogen-bond acceptors (Lipinski definition) is 6. The van der Waals surface area contributed by atoms with Crippen LogP contribution in [0.2, 0.25) is 5.02 Å². The third-order valence-electron chi connectivity index (χ3n) is 3.62. The van der Waals surface area contributed by atoms with Crippen molar-refractivity contribution in [2.75, 3.05) is 5.32 Å². The number of amides is 1. The molecule has 1 amide bonds. The van der Waals surface area contributed by atoms with Crippen molar-refractivity contribution in [1.82, 2.24) is 25.2 Å². The van der Waals surface area contributed by atoms with Crippen LogP contribution in [-0.2, 0) is 0 Å². The van der Waals surface area contributed by atoms with E-state index in [-0.39, 0.29) is 5.91 Å². The number of carbonyl (C=O) groups is 1. The third-order valence-corrected chi connectivity index (χ3v) is 4.70. The standard InChI is InChI=1S/C17H11ClN6OS/c18-14-4-2-1-3-13(14)15-9-26-17(20-15)21-16(25)11-5-7-12(8-6-11)24-10-19-22-23-24/h1-10H,(H,20,21,25). The van der Waals surface area contributed by atoms with Crippen LogP contribution in [0.15, 0.2) is 60.2 Å². The largest absolute Gasteiger partial charge is 0.298 e. The van der Waals surface area contributed by atoms with E-state index in [9.17, 15) is 4.79 Å². The zero-order valence-electron chi connectivity index (χ0n) is 13.2. The molecular weight excluding hydrogens is 372 g/mol. The number of rotatable bonds is 4. The summed E-state index contributed by atoms with van der Waals surface area (Å²) in [5, 5.41) is 16.8. The molecule has 0 unspecified atom stereocenters. The molecule has 4 aromatic rings. The molecule has 0 aliphatic heterocycles. The van der Waals surface area contributed by atoms with E-state index >= 15 is 0 Å². The van der Waals surface area contributed by atoms with Gasteiger partial charge in [-0.2, -0.15) is 0 Å². The van der Waals surface area contributed by atoms with Crippen LogP contribution >= 0.6 is 22.9 Å². The first-order valence-electron chi connectivity index (χ1n) is 7.56. The second-order valence-electron chi connectivity index (χ2n) is 5.27. The molecule has 0 saturated heterocycles. The molecule has 0 spiro atoms. The highest BCUT2D eigenvalue weighted by Gasteiger charge is 2.12. The Bertz CT molecular complexity index is 1050. The van der Waals surface area contributed by atoms with Gasteiger partial charge in [0, 0.05) is 21.5 Å². The van der Waals surface area contributed by atoms with Gasteiger partial charge >= 0.3 is 0 Å². The number of hydrogen-bond donors (Lipinski definition) is 1. The minimum Gasteiger partial charge on any atom is -0.298 e. The number of tetrazole rings is 1. The summed E-state index contributed by atoms with van der Waals surface area (Å²) in [4.78, 5) is 16.8. The Morgan fingerprint density at radius 3 is 2.65 bits per heavy atom. The van der Waals surface area contributed by atoms with Crippen LogP contribution in [0.3, 0.4) is 0 Å². The first-order valence-corrected chi connectivity index (χ1v) is 8.82. The second kappa shape index (κ2) is 7.03. The molecule has 2 aromatic heterocycles. The predicted octanol–water partition coefficient (Wildman–Crippen LogP) is 3.69. The van der Waals surface area contributed by atoms with Gasteiger partial charge in [0.05, 0.1) is 11.4 Å². The van der Waals surface area contributed by atoms with E-state index in [4.69, 9.17) is 11.6 Å². The number of thiazole rings is 1. The fourth-order valence-electron chi connectivity index (χ4n) is 2.34. The van der Waals surface area contributed by atoms with Gasteiger partial charge in [-0.1, -0.05) is 29.8 Å². The van der Waals surface area contributed by atoms with Gasteiger partial charge in [-0.25, -0.2) is 9.67 Å². The van der Waals surface area contributed by atoms with Crippen molar-refractivity contribution >= 4 is 34.0 Å². The monoisotopic (exact) mass is 382 g/mol. The van der Waals surface area contributed by atoms with Gasteiger partial charge in [0.15, 0.2) is 5.13 Å². The van der Waals surface area contributed by atoms with Crippen LogP contribution in [0.1, 0.15) is 10.4 Å². The zero-order chi connectivity index (χ0) is 17.9. The topological polar surface area (TPSA) is 85.6 Å². The Balaban J connectivity index is 1.49. The molecule has 0 saturated carbocycles. The lowest BCUT2D eigenvalue weighted by Crippen LogP contribution is -2.11. The lowest BCUT2D eigenvalue weighted by atomic mass is 10.2. The fourth-order valence-corrected chi connectivity index (χ4v) is 3.28.